The molecule has 13 atom stereocenters. The van der Waals surface area contributed by atoms with E-state index in [0.717, 1.165) is 5.92 Å². The van der Waals surface area contributed by atoms with Crippen LogP contribution in [0.25, 0.3) is 0 Å². The highest BCUT2D eigenvalue weighted by atomic mass is 16.5. The summed E-state index contributed by atoms with van der Waals surface area (Å²) in [6.07, 6.45) is 4.83. The number of likely N-dealkylation sites (N-methyl/N-ethyl adjacent to an activating group) is 4. The Morgan fingerprint density at radius 2 is 1.11 bits per heavy atom. The number of nitrogens with zero attached hydrogens (tertiary/aromatic N) is 5. The third kappa shape index (κ3) is 29.9. The summed E-state index contributed by atoms with van der Waals surface area (Å²) in [6, 6.07) is -4.68. The van der Waals surface area contributed by atoms with Gasteiger partial charge in [-0.15, -0.1) is 0 Å². The van der Waals surface area contributed by atoms with Crippen LogP contribution in [0.4, 0.5) is 0 Å². The van der Waals surface area contributed by atoms with Crippen LogP contribution in [0.5, 0.6) is 0 Å². The van der Waals surface area contributed by atoms with E-state index in [4.69, 9.17) is 4.74 Å². The molecule has 93 heavy (non-hydrogen) atoms. The Morgan fingerprint density at radius 3 is 1.58 bits per heavy atom. The molecule has 0 bridgehead atoms. The molecule has 0 spiro atoms. The number of amides is 6. The van der Waals surface area contributed by atoms with Gasteiger partial charge in [0, 0.05) is 97.5 Å². The number of aliphatic hydroxyl groups is 1. The molecule has 0 radical (unpaired) electrons. The molecule has 6 amide bonds. The number of nitrogens with one attached hydrogen (secondary N) is 2. The van der Waals surface area contributed by atoms with Crippen molar-refractivity contribution in [1.82, 2.24) is 30.2 Å². The molecule has 20 heteroatoms. The molecule has 1 aliphatic heterocycles. The fourth-order valence-corrected chi connectivity index (χ4v) is 12.3. The van der Waals surface area contributed by atoms with Crippen LogP contribution in [0.1, 0.15) is 234 Å². The lowest BCUT2D eigenvalue weighted by Gasteiger charge is -2.36. The number of hydrogen-bond donors (Lipinski definition) is 3. The van der Waals surface area contributed by atoms with Crippen molar-refractivity contribution in [3.05, 3.63) is 12.2 Å². The number of rotatable bonds is 21. The van der Waals surface area contributed by atoms with Gasteiger partial charge >= 0.3 is 0 Å². The highest BCUT2D eigenvalue weighted by Gasteiger charge is 2.43. The van der Waals surface area contributed by atoms with Gasteiger partial charge in [0.2, 0.25) is 35.4 Å². The lowest BCUT2D eigenvalue weighted by atomic mass is 9.82. The van der Waals surface area contributed by atoms with Crippen LogP contribution in [0.2, 0.25) is 0 Å². The second-order valence-corrected chi connectivity index (χ2v) is 29.0. The van der Waals surface area contributed by atoms with Crippen molar-refractivity contribution in [3.8, 4) is 6.07 Å². The van der Waals surface area contributed by atoms with Gasteiger partial charge in [0.15, 0.2) is 28.9 Å². The van der Waals surface area contributed by atoms with Crippen molar-refractivity contribution in [2.24, 2.45) is 65.1 Å². The van der Waals surface area contributed by atoms with Crippen LogP contribution in [0, 0.1) is 76.4 Å². The average Bonchev–Trinajstić information content (AvgIpc) is 0.899. The van der Waals surface area contributed by atoms with Crippen molar-refractivity contribution < 1.29 is 62.6 Å². The smallest absolute Gasteiger partial charge is 0.245 e. The van der Waals surface area contributed by atoms with Gasteiger partial charge in [-0.3, -0.25) is 52.7 Å². The van der Waals surface area contributed by atoms with Gasteiger partial charge < -0.3 is 40.1 Å². The lowest BCUT2D eigenvalue weighted by molar-refractivity contribution is -0.148. The van der Waals surface area contributed by atoms with Crippen molar-refractivity contribution in [2.45, 2.75) is 283 Å². The van der Waals surface area contributed by atoms with Crippen molar-refractivity contribution in [2.75, 3.05) is 34.8 Å². The van der Waals surface area contributed by atoms with E-state index in [9.17, 15) is 63.1 Å². The number of nitriles is 1. The van der Waals surface area contributed by atoms with Crippen LogP contribution >= 0.6 is 0 Å². The zero-order valence-electron chi connectivity index (χ0n) is 61.7. The summed E-state index contributed by atoms with van der Waals surface area (Å²) in [5.41, 5.74) is 0. The SMILES string of the molecule is C/C=C/C[C@@H](C)[C@@H](O)[C@@H]1CC(=O)[C@H](C(C)C)N(C)C(=O)[C@H](CC(C)C)CC(=O)[C@H](CC(C)C)N(C)C(=O)[C@@H](C)NC(=O)[C@H](C)CC(=O)[C@H](CC(C)C)N(C)C(=O)[C@H](C(C)C)CC(=O)[C@H]([C@@H](C)OCCCC#N)N(C)C(=O)CCC(=O)[C@H](CC)NC1=O.CCCCC(C)C. The number of ketones is 5. The van der Waals surface area contributed by atoms with E-state index < -0.39 is 167 Å². The predicted octanol–water partition coefficient (Wildman–Crippen LogP) is 10.3. The number of carbonyl (C=O) groups excluding carboxylic acids is 11. The van der Waals surface area contributed by atoms with Crippen molar-refractivity contribution >= 4 is 64.4 Å². The topological polar surface area (TPSA) is 278 Å². The number of unbranched alkanes of at least 4 members (excludes halogenated alkanes) is 2. The monoisotopic (exact) mass is 1310 g/mol. The van der Waals surface area contributed by atoms with Gasteiger partial charge in [-0.2, -0.15) is 5.26 Å². The fourth-order valence-electron chi connectivity index (χ4n) is 12.3. The maximum absolute atomic E-state index is 14.9. The van der Waals surface area contributed by atoms with E-state index in [2.05, 4.69) is 37.5 Å². The minimum absolute atomic E-state index is 0.0771. The molecule has 0 aromatic heterocycles. The quantitative estimate of drug-likeness (QED) is 0.0712. The summed E-state index contributed by atoms with van der Waals surface area (Å²) in [5.74, 6) is -11.2. The highest BCUT2D eigenvalue weighted by Crippen LogP contribution is 2.30. The minimum Gasteiger partial charge on any atom is -0.392 e. The fraction of sp³-hybridized carbons (Fsp3) is 0.808. The van der Waals surface area contributed by atoms with Crippen LogP contribution in [-0.4, -0.2) is 172 Å². The number of ether oxygens (including phenoxy) is 1. The van der Waals surface area contributed by atoms with Crippen molar-refractivity contribution in [1.29, 1.82) is 5.26 Å². The van der Waals surface area contributed by atoms with Crippen molar-refractivity contribution in [3.63, 3.8) is 0 Å². The Labute approximate surface area is 561 Å². The van der Waals surface area contributed by atoms with E-state index in [1.807, 2.05) is 54.5 Å². The summed E-state index contributed by atoms with van der Waals surface area (Å²) in [6.45, 7) is 35.1. The zero-order valence-corrected chi connectivity index (χ0v) is 61.7. The van der Waals surface area contributed by atoms with E-state index in [1.54, 1.807) is 61.5 Å². The molecule has 0 aromatic carbocycles. The summed E-state index contributed by atoms with van der Waals surface area (Å²) in [7, 11) is 5.85. The number of hydrogen-bond acceptors (Lipinski definition) is 14. The summed E-state index contributed by atoms with van der Waals surface area (Å²) >= 11 is 0. The maximum atomic E-state index is 14.9. The van der Waals surface area contributed by atoms with E-state index in [0.29, 0.717) is 12.8 Å². The first-order valence-electron chi connectivity index (χ1n) is 34.9. The van der Waals surface area contributed by atoms with Gasteiger partial charge in [0.05, 0.1) is 48.4 Å². The lowest BCUT2D eigenvalue weighted by Crippen LogP contribution is -2.53. The Hall–Kier alpha value is -5.68. The molecule has 1 rings (SSSR count). The second kappa shape index (κ2) is 44.1. The molecular formula is C73H127N7O13. The maximum Gasteiger partial charge on any atom is 0.245 e. The number of carbonyl (C=O) groups is 11. The van der Waals surface area contributed by atoms with E-state index in [1.165, 1.54) is 74.0 Å². The third-order valence-electron chi connectivity index (χ3n) is 18.0. The van der Waals surface area contributed by atoms with Gasteiger partial charge in [-0.05, 0) is 101 Å². The number of allylic oxidation sites excluding steroid dienone is 2. The summed E-state index contributed by atoms with van der Waals surface area (Å²) in [4.78, 5) is 165. The standard InChI is InChI=1S/C66H111N7O13.C7H16/c1-21-23-26-43(13)61(80)49-37-56(77)59(42(11)12)73(20)65(84)47(31-38(3)4)35-55(76)52(33-40(7)8)70(17)64(83)45(15)68-62(81)44(14)34-54(75)51(32-39(5)6)71(18)66(85)48(41(9)10)36-57(78)60(46(16)86-30-25-24-29-67)72(19)58(79)28-27-53(74)50(22-2)69-63(49)82;1-4-5-6-7(2)3/h21,23,38-52,59-61,80H,22,24-28,30-37H2,1-20H3,(H,68,81)(H,69,82);7H,4-6H2,1-3H3/b23-21+;/t43-,44-,45-,46-,47-,48+,49+,50+,51+,52+,59+,60+,61-;/m1./s1. The Morgan fingerprint density at radius 1 is 0.581 bits per heavy atom. The second-order valence-electron chi connectivity index (χ2n) is 29.0. The Bertz CT molecular complexity index is 2470. The normalized spacial score (nSPS) is 25.8. The zero-order chi connectivity index (χ0) is 71.9. The van der Waals surface area contributed by atoms with Crippen LogP contribution < -0.4 is 10.6 Å². The largest absolute Gasteiger partial charge is 0.392 e. The first-order valence-corrected chi connectivity index (χ1v) is 34.9. The first kappa shape index (κ1) is 87.3. The predicted molar refractivity (Wildman–Crippen MR) is 366 cm³/mol. The highest BCUT2D eigenvalue weighted by molar-refractivity contribution is 5.99. The number of aliphatic hydroxyl groups excluding tert-OH is 1. The van der Waals surface area contributed by atoms with Crippen LogP contribution in [0.15, 0.2) is 12.2 Å². The first-order chi connectivity index (χ1) is 43.3. The van der Waals surface area contributed by atoms with Gasteiger partial charge in [-0.1, -0.05) is 142 Å². The van der Waals surface area contributed by atoms with Crippen LogP contribution in [0.3, 0.4) is 0 Å². The minimum atomic E-state index is -1.39. The van der Waals surface area contributed by atoms with E-state index >= 15 is 0 Å². The summed E-state index contributed by atoms with van der Waals surface area (Å²) < 4.78 is 6.05. The molecule has 0 aliphatic carbocycles. The molecule has 1 aliphatic rings. The molecule has 0 saturated carbocycles. The molecule has 532 valence electrons. The van der Waals surface area contributed by atoms with E-state index in [-0.39, 0.29) is 82.1 Å². The Kier molecular flexibility index (Phi) is 41.4. The molecule has 3 N–H and O–H groups in total. The third-order valence-corrected chi connectivity index (χ3v) is 18.0. The van der Waals surface area contributed by atoms with Gasteiger partial charge in [0.1, 0.15) is 12.1 Å². The average molecular weight is 1310 g/mol. The molecule has 1 heterocycles. The van der Waals surface area contributed by atoms with Crippen LogP contribution in [-0.2, 0) is 57.5 Å². The molecule has 20 nitrogen and oxygen atoms in total. The molecule has 0 aromatic rings. The van der Waals surface area contributed by atoms with Gasteiger partial charge in [-0.25, -0.2) is 0 Å². The molecule has 0 unspecified atom stereocenters. The molecular weight excluding hydrogens is 1180 g/mol. The van der Waals surface area contributed by atoms with Gasteiger partial charge in [0.25, 0.3) is 0 Å². The Balaban J connectivity index is 0.0000114. The summed E-state index contributed by atoms with van der Waals surface area (Å²) in [5, 5.41) is 26.6. The molecule has 1 fully saturated rings. The molecule has 1 saturated heterocycles. The number of Topliss-reactive ketones (excluding diaryl/α,β-unsaturated/α-hetero) is 5.